The summed E-state index contributed by atoms with van der Waals surface area (Å²) >= 11 is 0. The average Bonchev–Trinajstić information content (AvgIpc) is 3.28. The van der Waals surface area contributed by atoms with E-state index in [1.807, 2.05) is 42.5 Å². The first kappa shape index (κ1) is 22.5. The molecule has 0 aromatic heterocycles. The summed E-state index contributed by atoms with van der Waals surface area (Å²) < 4.78 is 32.9. The molecule has 0 saturated carbocycles. The first-order valence-electron chi connectivity index (χ1n) is 10.5. The van der Waals surface area contributed by atoms with Crippen molar-refractivity contribution in [3.05, 3.63) is 95.6 Å². The van der Waals surface area contributed by atoms with Crippen molar-refractivity contribution in [1.29, 1.82) is 0 Å². The van der Waals surface area contributed by atoms with Crippen LogP contribution in [0.5, 0.6) is 0 Å². The molecule has 1 aliphatic heterocycles. The molecule has 0 N–H and O–H groups in total. The Balaban J connectivity index is 1.42. The van der Waals surface area contributed by atoms with Crippen LogP contribution in [0.3, 0.4) is 0 Å². The van der Waals surface area contributed by atoms with Crippen molar-refractivity contribution in [3.63, 3.8) is 0 Å². The molecular formula is C25H24N2O5S. The minimum atomic E-state index is -3.84. The van der Waals surface area contributed by atoms with E-state index in [4.69, 9.17) is 4.74 Å². The highest BCUT2D eigenvalue weighted by Crippen LogP contribution is 2.32. The zero-order chi connectivity index (χ0) is 23.4. The minimum absolute atomic E-state index is 0.00109. The molecular weight excluding hydrogens is 440 g/mol. The lowest BCUT2D eigenvalue weighted by Gasteiger charge is -2.20. The fraction of sp³-hybridized carbons (Fsp3) is 0.200. The summed E-state index contributed by atoms with van der Waals surface area (Å²) in [6, 6.07) is 22.5. The maximum atomic E-state index is 13.2. The SMILES string of the molecule is CN(Cc1ccccc1)C(=O)COC(=O)c1cccc(S(=O)(=O)N2CCc3ccccc32)c1. The van der Waals surface area contributed by atoms with Gasteiger partial charge in [-0.15, -0.1) is 0 Å². The number of para-hydroxylation sites is 1. The maximum Gasteiger partial charge on any atom is 0.338 e. The molecule has 33 heavy (non-hydrogen) atoms. The number of benzene rings is 3. The van der Waals surface area contributed by atoms with Crippen molar-refractivity contribution >= 4 is 27.6 Å². The summed E-state index contributed by atoms with van der Waals surface area (Å²) in [5, 5.41) is 0. The van der Waals surface area contributed by atoms with E-state index < -0.39 is 22.6 Å². The van der Waals surface area contributed by atoms with Crippen molar-refractivity contribution in [2.45, 2.75) is 17.9 Å². The van der Waals surface area contributed by atoms with Crippen molar-refractivity contribution in [2.24, 2.45) is 0 Å². The quantitative estimate of drug-likeness (QED) is 0.501. The Morgan fingerprint density at radius 3 is 2.48 bits per heavy atom. The van der Waals surface area contributed by atoms with Gasteiger partial charge in [0.1, 0.15) is 0 Å². The number of esters is 1. The third-order valence-corrected chi connectivity index (χ3v) is 7.33. The number of carbonyl (C=O) groups excluding carboxylic acids is 2. The first-order chi connectivity index (χ1) is 15.9. The molecule has 0 atom stereocenters. The van der Waals surface area contributed by atoms with E-state index in [1.165, 1.54) is 33.5 Å². The maximum absolute atomic E-state index is 13.2. The highest BCUT2D eigenvalue weighted by molar-refractivity contribution is 7.92. The van der Waals surface area contributed by atoms with Gasteiger partial charge in [0.25, 0.3) is 15.9 Å². The highest BCUT2D eigenvalue weighted by Gasteiger charge is 2.31. The van der Waals surface area contributed by atoms with E-state index in [9.17, 15) is 18.0 Å². The number of hydrogen-bond acceptors (Lipinski definition) is 5. The van der Waals surface area contributed by atoms with Gasteiger partial charge in [0, 0.05) is 20.1 Å². The van der Waals surface area contributed by atoms with Gasteiger partial charge in [0.05, 0.1) is 16.1 Å². The van der Waals surface area contributed by atoms with Gasteiger partial charge in [-0.3, -0.25) is 9.10 Å². The van der Waals surface area contributed by atoms with Crippen molar-refractivity contribution in [1.82, 2.24) is 4.90 Å². The standard InChI is InChI=1S/C25H24N2O5S/c1-26(17-19-8-3-2-4-9-19)24(28)18-32-25(29)21-11-7-12-22(16-21)33(30,31)27-15-14-20-10-5-6-13-23(20)27/h2-13,16H,14-15,17-18H2,1H3. The topological polar surface area (TPSA) is 84.0 Å². The number of hydrogen-bond donors (Lipinski definition) is 0. The van der Waals surface area contributed by atoms with E-state index in [1.54, 1.807) is 19.2 Å². The van der Waals surface area contributed by atoms with Crippen LogP contribution in [0.2, 0.25) is 0 Å². The van der Waals surface area contributed by atoms with Gasteiger partial charge in [-0.2, -0.15) is 0 Å². The zero-order valence-corrected chi connectivity index (χ0v) is 19.0. The van der Waals surface area contributed by atoms with Gasteiger partial charge in [-0.05, 0) is 41.8 Å². The lowest BCUT2D eigenvalue weighted by Crippen LogP contribution is -2.31. The number of nitrogens with zero attached hydrogens (tertiary/aromatic N) is 2. The fourth-order valence-corrected chi connectivity index (χ4v) is 5.28. The molecule has 0 unspecified atom stereocenters. The van der Waals surface area contributed by atoms with Crippen molar-refractivity contribution in [2.75, 3.05) is 24.5 Å². The molecule has 1 heterocycles. The highest BCUT2D eigenvalue weighted by atomic mass is 32.2. The molecule has 170 valence electrons. The number of amides is 1. The third kappa shape index (κ3) is 4.90. The zero-order valence-electron chi connectivity index (χ0n) is 18.2. The molecule has 1 amide bonds. The summed E-state index contributed by atoms with van der Waals surface area (Å²) in [5.74, 6) is -1.11. The van der Waals surface area contributed by atoms with Crippen LogP contribution >= 0.6 is 0 Å². The van der Waals surface area contributed by atoms with Crippen LogP contribution in [-0.4, -0.2) is 45.4 Å². The van der Waals surface area contributed by atoms with Crippen LogP contribution in [0.4, 0.5) is 5.69 Å². The average molecular weight is 465 g/mol. The summed E-state index contributed by atoms with van der Waals surface area (Å²) in [4.78, 5) is 26.3. The molecule has 1 aliphatic rings. The minimum Gasteiger partial charge on any atom is -0.452 e. The molecule has 7 nitrogen and oxygen atoms in total. The molecule has 0 radical (unpaired) electrons. The Bertz CT molecular complexity index is 1270. The lowest BCUT2D eigenvalue weighted by atomic mass is 10.2. The van der Waals surface area contributed by atoms with Crippen molar-refractivity contribution < 1.29 is 22.7 Å². The predicted molar refractivity (Wildman–Crippen MR) is 124 cm³/mol. The van der Waals surface area contributed by atoms with E-state index in [2.05, 4.69) is 0 Å². The second-order valence-electron chi connectivity index (χ2n) is 7.80. The van der Waals surface area contributed by atoms with Gasteiger partial charge in [-0.1, -0.05) is 54.6 Å². The number of rotatable bonds is 7. The summed E-state index contributed by atoms with van der Waals surface area (Å²) in [6.07, 6.45) is 0.635. The number of anilines is 1. The molecule has 8 heteroatoms. The van der Waals surface area contributed by atoms with Gasteiger partial charge >= 0.3 is 5.97 Å². The van der Waals surface area contributed by atoms with E-state index in [0.717, 1.165) is 11.1 Å². The number of carbonyl (C=O) groups is 2. The summed E-state index contributed by atoms with van der Waals surface area (Å²) in [7, 11) is -2.21. The normalized spacial score (nSPS) is 12.8. The lowest BCUT2D eigenvalue weighted by molar-refractivity contribution is -0.133. The Kier molecular flexibility index (Phi) is 6.46. The second kappa shape index (κ2) is 9.46. The van der Waals surface area contributed by atoms with Gasteiger partial charge in [0.15, 0.2) is 6.61 Å². The number of ether oxygens (including phenoxy) is 1. The van der Waals surface area contributed by atoms with E-state index >= 15 is 0 Å². The molecule has 0 spiro atoms. The number of likely N-dealkylation sites (N-methyl/N-ethyl adjacent to an activating group) is 1. The molecule has 4 rings (SSSR count). The molecule has 0 aliphatic carbocycles. The van der Waals surface area contributed by atoms with Gasteiger partial charge < -0.3 is 9.64 Å². The smallest absolute Gasteiger partial charge is 0.338 e. The molecule has 3 aromatic rings. The van der Waals surface area contributed by atoms with Gasteiger partial charge in [0.2, 0.25) is 0 Å². The third-order valence-electron chi connectivity index (χ3n) is 5.52. The Morgan fingerprint density at radius 1 is 0.970 bits per heavy atom. The van der Waals surface area contributed by atoms with E-state index in [0.29, 0.717) is 25.2 Å². The number of sulfonamides is 1. The van der Waals surface area contributed by atoms with Gasteiger partial charge in [-0.25, -0.2) is 13.2 Å². The Labute approximate surface area is 193 Å². The van der Waals surface area contributed by atoms with Crippen LogP contribution in [0.15, 0.2) is 83.8 Å². The summed E-state index contributed by atoms with van der Waals surface area (Å²) in [5.41, 5.74) is 2.65. The van der Waals surface area contributed by atoms with Crippen molar-refractivity contribution in [3.8, 4) is 0 Å². The van der Waals surface area contributed by atoms with Crippen LogP contribution in [0.25, 0.3) is 0 Å². The molecule has 3 aromatic carbocycles. The van der Waals surface area contributed by atoms with E-state index in [-0.39, 0.29) is 16.4 Å². The molecule has 0 saturated heterocycles. The Hall–Kier alpha value is -3.65. The Morgan fingerprint density at radius 2 is 1.70 bits per heavy atom. The number of fused-ring (bicyclic) bond motifs is 1. The predicted octanol–water partition coefficient (Wildman–Crippen LogP) is 3.25. The van der Waals surface area contributed by atoms with Crippen LogP contribution in [0.1, 0.15) is 21.5 Å². The second-order valence-corrected chi connectivity index (χ2v) is 9.66. The monoisotopic (exact) mass is 464 g/mol. The first-order valence-corrected chi connectivity index (χ1v) is 12.0. The summed E-state index contributed by atoms with van der Waals surface area (Å²) in [6.45, 7) is 0.305. The largest absolute Gasteiger partial charge is 0.452 e. The van der Waals surface area contributed by atoms with Crippen LogP contribution in [0, 0.1) is 0 Å². The molecule has 0 bridgehead atoms. The fourth-order valence-electron chi connectivity index (χ4n) is 3.73. The molecule has 0 fully saturated rings. The van der Waals surface area contributed by atoms with Crippen LogP contribution < -0.4 is 4.31 Å². The van der Waals surface area contributed by atoms with Crippen LogP contribution in [-0.2, 0) is 32.5 Å².